The van der Waals surface area contributed by atoms with Gasteiger partial charge in [0, 0.05) is 24.7 Å². The maximum Gasteiger partial charge on any atom is 0.326 e. The van der Waals surface area contributed by atoms with Gasteiger partial charge in [-0.25, -0.2) is 4.79 Å². The van der Waals surface area contributed by atoms with Gasteiger partial charge in [0.15, 0.2) is 0 Å². The molecule has 5 nitrogen and oxygen atoms in total. The molecule has 2 N–H and O–H groups in total. The highest BCUT2D eigenvalue weighted by atomic mass is 32.2. The number of likely N-dealkylation sites (tertiary alicyclic amines) is 1. The summed E-state index contributed by atoms with van der Waals surface area (Å²) in [5, 5.41) is 12.3. The Morgan fingerprint density at radius 2 is 1.94 bits per heavy atom. The maximum absolute atomic E-state index is 13.2. The molecular weight excluding hydrogens is 420 g/mol. The molecular formula is C26H34N2O3S. The van der Waals surface area contributed by atoms with Gasteiger partial charge >= 0.3 is 5.97 Å². The van der Waals surface area contributed by atoms with Crippen LogP contribution < -0.4 is 5.32 Å². The topological polar surface area (TPSA) is 69.6 Å². The van der Waals surface area contributed by atoms with Crippen LogP contribution in [0.1, 0.15) is 48.2 Å². The van der Waals surface area contributed by atoms with Crippen LogP contribution >= 0.6 is 11.8 Å². The van der Waals surface area contributed by atoms with Gasteiger partial charge in [0.25, 0.3) is 5.91 Å². The normalized spacial score (nSPS) is 19.6. The molecule has 0 radical (unpaired) electrons. The minimum Gasteiger partial charge on any atom is -0.480 e. The van der Waals surface area contributed by atoms with Crippen LogP contribution in [0.5, 0.6) is 0 Å². The fourth-order valence-electron chi connectivity index (χ4n) is 4.56. The summed E-state index contributed by atoms with van der Waals surface area (Å²) in [5.41, 5.74) is 4.61. The van der Waals surface area contributed by atoms with Crippen LogP contribution in [0.2, 0.25) is 0 Å². The van der Waals surface area contributed by atoms with E-state index in [-0.39, 0.29) is 5.91 Å². The Bertz CT molecular complexity index is 962. The number of nitrogens with one attached hydrogen (secondary N) is 1. The van der Waals surface area contributed by atoms with E-state index in [1.54, 1.807) is 11.8 Å². The first-order chi connectivity index (χ1) is 15.3. The number of aryl methyl sites for hydroxylation is 1. The Morgan fingerprint density at radius 3 is 2.56 bits per heavy atom. The fourth-order valence-corrected chi connectivity index (χ4v) is 5.03. The lowest BCUT2D eigenvalue weighted by atomic mass is 9.93. The molecule has 2 aromatic carbocycles. The van der Waals surface area contributed by atoms with E-state index in [1.165, 1.54) is 6.42 Å². The highest BCUT2D eigenvalue weighted by molar-refractivity contribution is 7.98. The number of amides is 1. The highest BCUT2D eigenvalue weighted by Crippen LogP contribution is 2.30. The van der Waals surface area contributed by atoms with E-state index in [0.717, 1.165) is 35.3 Å². The number of thioether (sulfide) groups is 1. The number of rotatable bonds is 9. The van der Waals surface area contributed by atoms with E-state index in [4.69, 9.17) is 0 Å². The molecule has 1 saturated heterocycles. The van der Waals surface area contributed by atoms with Crippen LogP contribution in [0.4, 0.5) is 0 Å². The Kier molecular flexibility index (Phi) is 8.38. The van der Waals surface area contributed by atoms with Crippen molar-refractivity contribution in [2.24, 2.45) is 5.92 Å². The Hall–Kier alpha value is -2.31. The summed E-state index contributed by atoms with van der Waals surface area (Å²) in [6.45, 7) is 8.52. The van der Waals surface area contributed by atoms with Gasteiger partial charge < -0.3 is 10.4 Å². The second-order valence-corrected chi connectivity index (χ2v) is 9.95. The molecule has 0 aromatic heterocycles. The molecule has 0 spiro atoms. The van der Waals surface area contributed by atoms with Gasteiger partial charge in [-0.05, 0) is 79.0 Å². The number of aliphatic carboxylic acids is 1. The standard InChI is InChI=1S/C26H34N2O3S/c1-17-13-19(3)28(15-17)16-20-9-10-22(23(14-20)21-8-6-5-7-18(21)2)25(29)27-24(26(30)31)11-12-32-4/h5-10,14,17,19,24H,11-13,15-16H2,1-4H3,(H,27,29)(H,30,31). The molecule has 1 aliphatic rings. The highest BCUT2D eigenvalue weighted by Gasteiger charge is 2.27. The van der Waals surface area contributed by atoms with Gasteiger partial charge in [-0.3, -0.25) is 9.69 Å². The number of nitrogens with zero attached hydrogens (tertiary/aromatic N) is 1. The number of hydrogen-bond donors (Lipinski definition) is 2. The van der Waals surface area contributed by atoms with Crippen molar-refractivity contribution in [3.05, 3.63) is 59.2 Å². The lowest BCUT2D eigenvalue weighted by molar-refractivity contribution is -0.139. The van der Waals surface area contributed by atoms with Crippen LogP contribution in [-0.2, 0) is 11.3 Å². The van der Waals surface area contributed by atoms with Crippen LogP contribution in [0.15, 0.2) is 42.5 Å². The minimum absolute atomic E-state index is 0.341. The summed E-state index contributed by atoms with van der Waals surface area (Å²) >= 11 is 1.57. The van der Waals surface area contributed by atoms with E-state index in [0.29, 0.717) is 29.7 Å². The zero-order chi connectivity index (χ0) is 23.3. The van der Waals surface area contributed by atoms with Crippen molar-refractivity contribution >= 4 is 23.6 Å². The van der Waals surface area contributed by atoms with E-state index in [1.807, 2.05) is 49.6 Å². The monoisotopic (exact) mass is 454 g/mol. The summed E-state index contributed by atoms with van der Waals surface area (Å²) in [6, 6.07) is 13.6. The van der Waals surface area contributed by atoms with Crippen LogP contribution in [0, 0.1) is 12.8 Å². The molecule has 0 saturated carbocycles. The molecule has 3 rings (SSSR count). The number of carbonyl (C=O) groups excluding carboxylic acids is 1. The number of carbonyl (C=O) groups is 2. The molecule has 172 valence electrons. The smallest absolute Gasteiger partial charge is 0.326 e. The van der Waals surface area contributed by atoms with E-state index in [9.17, 15) is 14.7 Å². The lowest BCUT2D eigenvalue weighted by Crippen LogP contribution is -2.41. The van der Waals surface area contributed by atoms with E-state index >= 15 is 0 Å². The second kappa shape index (κ2) is 11.0. The predicted molar refractivity (Wildman–Crippen MR) is 132 cm³/mol. The molecule has 32 heavy (non-hydrogen) atoms. The number of carboxylic acid groups (broad SMARTS) is 1. The molecule has 0 bridgehead atoms. The largest absolute Gasteiger partial charge is 0.480 e. The third kappa shape index (κ3) is 5.93. The molecule has 2 aromatic rings. The first kappa shape index (κ1) is 24.3. The average molecular weight is 455 g/mol. The van der Waals surface area contributed by atoms with Gasteiger partial charge in [-0.15, -0.1) is 0 Å². The van der Waals surface area contributed by atoms with Crippen molar-refractivity contribution < 1.29 is 14.7 Å². The molecule has 1 fully saturated rings. The zero-order valence-corrected chi connectivity index (χ0v) is 20.2. The van der Waals surface area contributed by atoms with Gasteiger partial charge in [0.2, 0.25) is 0 Å². The molecule has 1 amide bonds. The van der Waals surface area contributed by atoms with Crippen molar-refractivity contribution in [3.63, 3.8) is 0 Å². The van der Waals surface area contributed by atoms with E-state index in [2.05, 4.69) is 30.1 Å². The predicted octanol–water partition coefficient (Wildman–Crippen LogP) is 4.83. The average Bonchev–Trinajstić information content (AvgIpc) is 3.07. The molecule has 0 aliphatic carbocycles. The lowest BCUT2D eigenvalue weighted by Gasteiger charge is -2.22. The first-order valence-corrected chi connectivity index (χ1v) is 12.6. The number of hydrogen-bond acceptors (Lipinski definition) is 4. The summed E-state index contributed by atoms with van der Waals surface area (Å²) in [4.78, 5) is 27.3. The van der Waals surface area contributed by atoms with Crippen LogP contribution in [-0.4, -0.2) is 52.5 Å². The number of carboxylic acids is 1. The summed E-state index contributed by atoms with van der Waals surface area (Å²) in [7, 11) is 0. The molecule has 6 heteroatoms. The van der Waals surface area contributed by atoms with Crippen molar-refractivity contribution in [1.82, 2.24) is 10.2 Å². The Morgan fingerprint density at radius 1 is 1.19 bits per heavy atom. The molecule has 1 aliphatic heterocycles. The first-order valence-electron chi connectivity index (χ1n) is 11.3. The van der Waals surface area contributed by atoms with Crippen molar-refractivity contribution in [2.75, 3.05) is 18.6 Å². The van der Waals surface area contributed by atoms with Gasteiger partial charge in [0.05, 0.1) is 0 Å². The molecule has 3 unspecified atom stereocenters. The quantitative estimate of drug-likeness (QED) is 0.568. The molecule has 3 atom stereocenters. The minimum atomic E-state index is -1.00. The Balaban J connectivity index is 1.93. The van der Waals surface area contributed by atoms with Gasteiger partial charge in [-0.1, -0.05) is 37.3 Å². The third-order valence-corrected chi connectivity index (χ3v) is 6.92. The van der Waals surface area contributed by atoms with E-state index < -0.39 is 12.0 Å². The maximum atomic E-state index is 13.2. The zero-order valence-electron chi connectivity index (χ0n) is 19.4. The van der Waals surface area contributed by atoms with Crippen LogP contribution in [0.25, 0.3) is 11.1 Å². The van der Waals surface area contributed by atoms with Crippen LogP contribution in [0.3, 0.4) is 0 Å². The summed E-state index contributed by atoms with van der Waals surface area (Å²) in [6.07, 6.45) is 3.53. The summed E-state index contributed by atoms with van der Waals surface area (Å²) < 4.78 is 0. The van der Waals surface area contributed by atoms with Crippen molar-refractivity contribution in [3.8, 4) is 11.1 Å². The number of benzene rings is 2. The van der Waals surface area contributed by atoms with Gasteiger partial charge in [-0.2, -0.15) is 11.8 Å². The summed E-state index contributed by atoms with van der Waals surface area (Å²) in [5.74, 6) is 0.0259. The molecule has 1 heterocycles. The van der Waals surface area contributed by atoms with Crippen molar-refractivity contribution in [1.29, 1.82) is 0 Å². The van der Waals surface area contributed by atoms with Gasteiger partial charge in [0.1, 0.15) is 6.04 Å². The second-order valence-electron chi connectivity index (χ2n) is 8.96. The van der Waals surface area contributed by atoms with Crippen molar-refractivity contribution in [2.45, 2.75) is 52.2 Å². The third-order valence-electron chi connectivity index (χ3n) is 6.28. The SMILES string of the molecule is CSCCC(NC(=O)c1ccc(CN2CC(C)CC2C)cc1-c1ccccc1C)C(=O)O. The fraction of sp³-hybridized carbons (Fsp3) is 0.462. The Labute approximate surface area is 195 Å².